The lowest BCUT2D eigenvalue weighted by molar-refractivity contribution is 0.257. The molecule has 54 valence electrons. The minimum Gasteiger partial charge on any atom is -0.373 e. The third-order valence-corrected chi connectivity index (χ3v) is 1.40. The molecule has 1 nitrogen and oxygen atoms in total. The highest BCUT2D eigenvalue weighted by molar-refractivity contribution is 4.77. The van der Waals surface area contributed by atoms with Gasteiger partial charge in [0.15, 0.2) is 0 Å². The fourth-order valence-corrected chi connectivity index (χ4v) is 1.02. The predicted octanol–water partition coefficient (Wildman–Crippen LogP) is 2.25. The van der Waals surface area contributed by atoms with Gasteiger partial charge in [0.1, 0.15) is 0 Å². The number of nitrogens with zero attached hydrogens (tertiary/aromatic N) is 1. The molecule has 0 unspecified atom stereocenters. The van der Waals surface area contributed by atoms with E-state index >= 15 is 0 Å². The zero-order chi connectivity index (χ0) is 7.44. The van der Waals surface area contributed by atoms with Crippen LogP contribution in [0.15, 0.2) is 12.8 Å². The Hall–Kier alpha value is -0.460. The molecule has 0 bridgehead atoms. The Morgan fingerprint density at radius 2 is 1.44 bits per heavy atom. The molecule has 9 heavy (non-hydrogen) atoms. The Bertz CT molecular complexity index is 76.6. The van der Waals surface area contributed by atoms with Crippen molar-refractivity contribution in [1.82, 2.24) is 4.90 Å². The van der Waals surface area contributed by atoms with Crippen LogP contribution in [0.1, 0.15) is 27.7 Å². The van der Waals surface area contributed by atoms with Gasteiger partial charge in [-0.1, -0.05) is 6.58 Å². The highest BCUT2D eigenvalue weighted by Crippen LogP contribution is 2.03. The van der Waals surface area contributed by atoms with E-state index in [1.165, 1.54) is 0 Å². The second-order valence-corrected chi connectivity index (χ2v) is 2.82. The fourth-order valence-electron chi connectivity index (χ4n) is 1.02. The summed E-state index contributed by atoms with van der Waals surface area (Å²) in [5.74, 6) is 0. The lowest BCUT2D eigenvalue weighted by Crippen LogP contribution is -2.31. The highest BCUT2D eigenvalue weighted by atomic mass is 15.1. The summed E-state index contributed by atoms with van der Waals surface area (Å²) in [5.41, 5.74) is 0. The Morgan fingerprint density at radius 3 is 1.44 bits per heavy atom. The van der Waals surface area contributed by atoms with E-state index in [0.29, 0.717) is 12.1 Å². The van der Waals surface area contributed by atoms with Crippen molar-refractivity contribution in [2.24, 2.45) is 0 Å². The monoisotopic (exact) mass is 127 g/mol. The van der Waals surface area contributed by atoms with Crippen molar-refractivity contribution < 1.29 is 0 Å². The molecule has 0 fully saturated rings. The summed E-state index contributed by atoms with van der Waals surface area (Å²) in [6, 6.07) is 1.14. The first-order valence-electron chi connectivity index (χ1n) is 3.49. The van der Waals surface area contributed by atoms with Gasteiger partial charge in [-0.15, -0.1) is 0 Å². The molecule has 0 aromatic rings. The van der Waals surface area contributed by atoms with Crippen LogP contribution in [-0.2, 0) is 0 Å². The van der Waals surface area contributed by atoms with E-state index in [4.69, 9.17) is 0 Å². The van der Waals surface area contributed by atoms with Gasteiger partial charge in [-0.05, 0) is 33.9 Å². The Balaban J connectivity index is 3.82. The molecule has 0 aromatic heterocycles. The first-order chi connectivity index (χ1) is 4.09. The molecule has 0 saturated carbocycles. The average molecular weight is 127 g/mol. The highest BCUT2D eigenvalue weighted by Gasteiger charge is 2.05. The topological polar surface area (TPSA) is 3.24 Å². The summed E-state index contributed by atoms with van der Waals surface area (Å²) in [5, 5.41) is 0. The third kappa shape index (κ3) is 2.54. The molecule has 0 aliphatic rings. The van der Waals surface area contributed by atoms with Crippen LogP contribution < -0.4 is 0 Å². The minimum atomic E-state index is 0.572. The Kier molecular flexibility index (Phi) is 3.36. The summed E-state index contributed by atoms with van der Waals surface area (Å²) < 4.78 is 0. The van der Waals surface area contributed by atoms with Gasteiger partial charge < -0.3 is 4.90 Å². The second kappa shape index (κ2) is 3.54. The maximum Gasteiger partial charge on any atom is 0.0230 e. The molecule has 0 rings (SSSR count). The Labute approximate surface area is 58.4 Å². The molecule has 0 aromatic carbocycles. The molecule has 0 amide bonds. The normalized spacial score (nSPS) is 10.4. The molecule has 0 N–H and O–H groups in total. The van der Waals surface area contributed by atoms with E-state index < -0.39 is 0 Å². The zero-order valence-electron chi connectivity index (χ0n) is 6.89. The molecule has 0 aliphatic carbocycles. The Morgan fingerprint density at radius 1 is 1.11 bits per heavy atom. The first kappa shape index (κ1) is 8.54. The second-order valence-electron chi connectivity index (χ2n) is 2.82. The largest absolute Gasteiger partial charge is 0.373 e. The van der Waals surface area contributed by atoms with Crippen molar-refractivity contribution in [2.75, 3.05) is 0 Å². The van der Waals surface area contributed by atoms with Crippen LogP contribution in [0.25, 0.3) is 0 Å². The van der Waals surface area contributed by atoms with Gasteiger partial charge in [0.05, 0.1) is 0 Å². The van der Waals surface area contributed by atoms with Gasteiger partial charge in [-0.3, -0.25) is 0 Å². The van der Waals surface area contributed by atoms with Crippen LogP contribution in [0.4, 0.5) is 0 Å². The van der Waals surface area contributed by atoms with Crippen molar-refractivity contribution in [3.05, 3.63) is 12.8 Å². The molecule has 0 spiro atoms. The van der Waals surface area contributed by atoms with Crippen LogP contribution in [0.2, 0.25) is 0 Å². The zero-order valence-corrected chi connectivity index (χ0v) is 6.89. The van der Waals surface area contributed by atoms with E-state index in [9.17, 15) is 0 Å². The van der Waals surface area contributed by atoms with E-state index in [0.717, 1.165) is 0 Å². The summed E-state index contributed by atoms with van der Waals surface area (Å²) in [6.45, 7) is 12.4. The smallest absolute Gasteiger partial charge is 0.0230 e. The van der Waals surface area contributed by atoms with E-state index in [-0.39, 0.29) is 0 Å². The van der Waals surface area contributed by atoms with Crippen molar-refractivity contribution >= 4 is 0 Å². The van der Waals surface area contributed by atoms with Gasteiger partial charge in [0.2, 0.25) is 0 Å². The molecule has 0 atom stereocenters. The maximum atomic E-state index is 3.73. The molecule has 0 saturated heterocycles. The van der Waals surface area contributed by atoms with Crippen LogP contribution in [-0.4, -0.2) is 17.0 Å². The lowest BCUT2D eigenvalue weighted by atomic mass is 10.2. The summed E-state index contributed by atoms with van der Waals surface area (Å²) in [4.78, 5) is 2.22. The summed E-state index contributed by atoms with van der Waals surface area (Å²) in [7, 11) is 0. The van der Waals surface area contributed by atoms with Crippen molar-refractivity contribution in [3.8, 4) is 0 Å². The van der Waals surface area contributed by atoms with Crippen LogP contribution in [0.5, 0.6) is 0 Å². The summed E-state index contributed by atoms with van der Waals surface area (Å²) in [6.07, 6.45) is 1.90. The number of hydrogen-bond acceptors (Lipinski definition) is 1. The SMILES string of the molecule is C=CN(C(C)C)C(C)C. The van der Waals surface area contributed by atoms with Gasteiger partial charge in [-0.25, -0.2) is 0 Å². The van der Waals surface area contributed by atoms with Crippen LogP contribution in [0, 0.1) is 0 Å². The molecular formula is C8H17N. The molecular weight excluding hydrogens is 110 g/mol. The van der Waals surface area contributed by atoms with E-state index in [2.05, 4.69) is 39.2 Å². The lowest BCUT2D eigenvalue weighted by Gasteiger charge is -2.28. The van der Waals surface area contributed by atoms with Gasteiger partial charge in [0, 0.05) is 12.1 Å². The van der Waals surface area contributed by atoms with Crippen LogP contribution >= 0.6 is 0 Å². The van der Waals surface area contributed by atoms with Gasteiger partial charge in [-0.2, -0.15) is 0 Å². The minimum absolute atomic E-state index is 0.572. The standard InChI is InChI=1S/C8H17N/c1-6-9(7(2)3)8(4)5/h6-8H,1H2,2-5H3. The average Bonchev–Trinajstić information content (AvgIpc) is 1.64. The molecule has 1 heteroatoms. The van der Waals surface area contributed by atoms with Crippen molar-refractivity contribution in [3.63, 3.8) is 0 Å². The van der Waals surface area contributed by atoms with Crippen LogP contribution in [0.3, 0.4) is 0 Å². The third-order valence-electron chi connectivity index (χ3n) is 1.40. The van der Waals surface area contributed by atoms with Gasteiger partial charge in [0.25, 0.3) is 0 Å². The van der Waals surface area contributed by atoms with Crippen molar-refractivity contribution in [2.45, 2.75) is 39.8 Å². The number of rotatable bonds is 3. The quantitative estimate of drug-likeness (QED) is 0.562. The predicted molar refractivity (Wildman–Crippen MR) is 42.3 cm³/mol. The fraction of sp³-hybridized carbons (Fsp3) is 0.750. The molecule has 0 aliphatic heterocycles. The maximum absolute atomic E-state index is 3.73. The number of hydrogen-bond donors (Lipinski definition) is 0. The summed E-state index contributed by atoms with van der Waals surface area (Å²) >= 11 is 0. The van der Waals surface area contributed by atoms with Crippen molar-refractivity contribution in [1.29, 1.82) is 0 Å². The van der Waals surface area contributed by atoms with E-state index in [1.54, 1.807) is 0 Å². The van der Waals surface area contributed by atoms with E-state index in [1.807, 2.05) is 6.20 Å². The van der Waals surface area contributed by atoms with Gasteiger partial charge >= 0.3 is 0 Å². The first-order valence-corrected chi connectivity index (χ1v) is 3.49. The molecule has 0 heterocycles. The molecule has 0 radical (unpaired) electrons.